The Bertz CT molecular complexity index is 577. The lowest BCUT2D eigenvalue weighted by atomic mass is 10.2. The molecule has 2 aromatic rings. The number of rotatable bonds is 5. The minimum Gasteiger partial charge on any atom is -0.465 e. The molecule has 2 aromatic heterocycles. The number of ether oxygens (including phenoxy) is 1. The summed E-state index contributed by atoms with van der Waals surface area (Å²) in [4.78, 5) is 12.9. The van der Waals surface area contributed by atoms with Gasteiger partial charge in [0.1, 0.15) is 10.6 Å². The third-order valence-corrected chi connectivity index (χ3v) is 4.52. The smallest absolute Gasteiger partial charge is 0.344 e. The number of carbonyl (C=O) groups is 1. The van der Waals surface area contributed by atoms with Crippen molar-refractivity contribution in [1.82, 2.24) is 4.37 Å². The van der Waals surface area contributed by atoms with E-state index in [-0.39, 0.29) is 5.82 Å². The summed E-state index contributed by atoms with van der Waals surface area (Å²) in [6.07, 6.45) is 0.995. The number of aryl methyl sites for hydroxylation is 1. The Labute approximate surface area is 119 Å². The summed E-state index contributed by atoms with van der Waals surface area (Å²) in [5.74, 6) is -0.253. The Balaban J connectivity index is 2.14. The topological polar surface area (TPSA) is 77.2 Å². The molecule has 0 aromatic carbocycles. The van der Waals surface area contributed by atoms with Crippen molar-refractivity contribution in [2.45, 2.75) is 19.9 Å². The van der Waals surface area contributed by atoms with Crippen LogP contribution in [-0.2, 0) is 17.7 Å². The molecule has 0 fully saturated rings. The second-order valence-electron chi connectivity index (χ2n) is 3.84. The van der Waals surface area contributed by atoms with Gasteiger partial charge in [-0.2, -0.15) is 4.37 Å². The predicted octanol–water partition coefficient (Wildman–Crippen LogP) is 2.75. The molecule has 0 bridgehead atoms. The first-order chi connectivity index (χ1) is 9.17. The number of nitrogens with two attached hydrogens (primary N) is 1. The second kappa shape index (κ2) is 6.03. The van der Waals surface area contributed by atoms with Crippen LogP contribution < -0.4 is 11.1 Å². The van der Waals surface area contributed by atoms with Crippen LogP contribution in [-0.4, -0.2) is 17.5 Å². The van der Waals surface area contributed by atoms with Crippen LogP contribution in [0.1, 0.15) is 27.7 Å². The summed E-state index contributed by atoms with van der Waals surface area (Å²) in [6, 6.07) is 2.12. The molecule has 0 aliphatic heterocycles. The van der Waals surface area contributed by atoms with Crippen molar-refractivity contribution in [2.75, 3.05) is 18.2 Å². The van der Waals surface area contributed by atoms with Gasteiger partial charge in [0.2, 0.25) is 0 Å². The van der Waals surface area contributed by atoms with Crippen molar-refractivity contribution in [3.63, 3.8) is 0 Å². The van der Waals surface area contributed by atoms with Crippen molar-refractivity contribution < 1.29 is 9.53 Å². The fourth-order valence-corrected chi connectivity index (χ4v) is 3.33. The molecule has 19 heavy (non-hydrogen) atoms. The molecule has 5 nitrogen and oxygen atoms in total. The third-order valence-electron chi connectivity index (χ3n) is 2.74. The van der Waals surface area contributed by atoms with E-state index in [0.717, 1.165) is 6.42 Å². The van der Waals surface area contributed by atoms with Gasteiger partial charge in [-0.3, -0.25) is 0 Å². The maximum atomic E-state index is 11.6. The number of hydrogen-bond donors (Lipinski definition) is 2. The van der Waals surface area contributed by atoms with Crippen LogP contribution in [0, 0.1) is 0 Å². The summed E-state index contributed by atoms with van der Waals surface area (Å²) in [5, 5.41) is 5.93. The van der Waals surface area contributed by atoms with Gasteiger partial charge in [0.05, 0.1) is 13.7 Å². The van der Waals surface area contributed by atoms with Gasteiger partial charge >= 0.3 is 5.97 Å². The Morgan fingerprint density at radius 1 is 1.58 bits per heavy atom. The molecular weight excluding hydrogens is 282 g/mol. The van der Waals surface area contributed by atoms with Crippen LogP contribution in [0.3, 0.4) is 0 Å². The number of nitrogens with zero attached hydrogens (tertiary/aromatic N) is 1. The van der Waals surface area contributed by atoms with E-state index < -0.39 is 5.97 Å². The molecule has 0 amide bonds. The molecule has 0 unspecified atom stereocenters. The lowest BCUT2D eigenvalue weighted by molar-refractivity contribution is 0.0603. The summed E-state index contributed by atoms with van der Waals surface area (Å²) in [5.41, 5.74) is 7.32. The maximum absolute atomic E-state index is 11.6. The van der Waals surface area contributed by atoms with Crippen molar-refractivity contribution in [1.29, 1.82) is 0 Å². The molecule has 0 saturated heterocycles. The standard InChI is InChI=1S/C12H15N3O2S2/c1-3-7-4-5-18-8(7)6-14-11-9(12(16)17-2)10(13)15-19-11/h4-5,14H,3,6H2,1-2H3,(H2,13,15). The molecular formula is C12H15N3O2S2. The SMILES string of the molecule is CCc1ccsc1CNc1snc(N)c1C(=O)OC. The van der Waals surface area contributed by atoms with Crippen LogP contribution in [0.25, 0.3) is 0 Å². The molecule has 102 valence electrons. The lowest BCUT2D eigenvalue weighted by Gasteiger charge is -2.06. The Kier molecular flexibility index (Phi) is 4.39. The van der Waals surface area contributed by atoms with Crippen molar-refractivity contribution in [2.24, 2.45) is 0 Å². The molecule has 0 aliphatic carbocycles. The minimum absolute atomic E-state index is 0.209. The second-order valence-corrected chi connectivity index (χ2v) is 5.61. The van der Waals surface area contributed by atoms with E-state index >= 15 is 0 Å². The van der Waals surface area contributed by atoms with Gasteiger partial charge in [0.25, 0.3) is 0 Å². The first kappa shape index (κ1) is 13.8. The summed E-state index contributed by atoms with van der Waals surface area (Å²) in [7, 11) is 1.33. The Morgan fingerprint density at radius 3 is 3.05 bits per heavy atom. The number of anilines is 2. The van der Waals surface area contributed by atoms with Crippen LogP contribution in [0.2, 0.25) is 0 Å². The van der Waals surface area contributed by atoms with E-state index in [9.17, 15) is 4.79 Å². The molecule has 0 saturated carbocycles. The molecule has 2 heterocycles. The normalized spacial score (nSPS) is 10.4. The van der Waals surface area contributed by atoms with E-state index in [1.807, 2.05) is 0 Å². The van der Waals surface area contributed by atoms with E-state index in [1.54, 1.807) is 11.3 Å². The zero-order valence-electron chi connectivity index (χ0n) is 10.7. The number of nitrogen functional groups attached to an aromatic ring is 1. The summed E-state index contributed by atoms with van der Waals surface area (Å²) in [6.45, 7) is 2.78. The third kappa shape index (κ3) is 2.87. The number of esters is 1. The van der Waals surface area contributed by atoms with Gasteiger partial charge in [-0.1, -0.05) is 6.92 Å². The Hall–Kier alpha value is -1.60. The molecule has 0 spiro atoms. The summed E-state index contributed by atoms with van der Waals surface area (Å²) < 4.78 is 8.70. The van der Waals surface area contributed by atoms with E-state index in [0.29, 0.717) is 17.1 Å². The number of carbonyl (C=O) groups excluding carboxylic acids is 1. The average molecular weight is 297 g/mol. The number of thiophene rings is 1. The number of nitrogens with one attached hydrogen (secondary N) is 1. The monoisotopic (exact) mass is 297 g/mol. The highest BCUT2D eigenvalue weighted by Gasteiger charge is 2.19. The minimum atomic E-state index is -0.462. The van der Waals surface area contributed by atoms with E-state index in [2.05, 4.69) is 28.1 Å². The number of methoxy groups -OCH3 is 1. The first-order valence-corrected chi connectivity index (χ1v) is 7.45. The van der Waals surface area contributed by atoms with Gasteiger partial charge < -0.3 is 15.8 Å². The van der Waals surface area contributed by atoms with Gasteiger partial charge in [0, 0.05) is 4.88 Å². The van der Waals surface area contributed by atoms with Crippen molar-refractivity contribution in [3.05, 3.63) is 27.5 Å². The fraction of sp³-hybridized carbons (Fsp3) is 0.333. The van der Waals surface area contributed by atoms with Gasteiger partial charge in [-0.25, -0.2) is 4.79 Å². The molecule has 0 aliphatic rings. The van der Waals surface area contributed by atoms with E-state index in [4.69, 9.17) is 10.5 Å². The largest absolute Gasteiger partial charge is 0.465 e. The highest BCUT2D eigenvalue weighted by Crippen LogP contribution is 2.28. The lowest BCUT2D eigenvalue weighted by Crippen LogP contribution is -2.08. The molecule has 2 rings (SSSR count). The van der Waals surface area contributed by atoms with Crippen LogP contribution >= 0.6 is 22.9 Å². The van der Waals surface area contributed by atoms with Crippen molar-refractivity contribution in [3.8, 4) is 0 Å². The zero-order valence-corrected chi connectivity index (χ0v) is 12.4. The van der Waals surface area contributed by atoms with Crippen LogP contribution in [0.5, 0.6) is 0 Å². The van der Waals surface area contributed by atoms with Crippen LogP contribution in [0.4, 0.5) is 10.8 Å². The molecule has 3 N–H and O–H groups in total. The zero-order chi connectivity index (χ0) is 13.8. The predicted molar refractivity (Wildman–Crippen MR) is 78.9 cm³/mol. The molecule has 0 radical (unpaired) electrons. The van der Waals surface area contributed by atoms with Gasteiger partial charge in [-0.15, -0.1) is 11.3 Å². The Morgan fingerprint density at radius 2 is 2.37 bits per heavy atom. The maximum Gasteiger partial charge on any atom is 0.344 e. The van der Waals surface area contributed by atoms with Gasteiger partial charge in [-0.05, 0) is 35.0 Å². The fourth-order valence-electron chi connectivity index (χ4n) is 1.72. The highest BCUT2D eigenvalue weighted by atomic mass is 32.1. The molecule has 0 atom stereocenters. The quantitative estimate of drug-likeness (QED) is 0.830. The number of aromatic nitrogens is 1. The highest BCUT2D eigenvalue weighted by molar-refractivity contribution is 7.11. The molecule has 7 heteroatoms. The van der Waals surface area contributed by atoms with Crippen molar-refractivity contribution >= 4 is 39.7 Å². The van der Waals surface area contributed by atoms with Gasteiger partial charge in [0.15, 0.2) is 5.82 Å². The number of hydrogen-bond acceptors (Lipinski definition) is 7. The summed E-state index contributed by atoms with van der Waals surface area (Å²) >= 11 is 2.87. The van der Waals surface area contributed by atoms with E-state index in [1.165, 1.54) is 29.1 Å². The first-order valence-electron chi connectivity index (χ1n) is 5.80. The average Bonchev–Trinajstić information content (AvgIpc) is 3.01. The van der Waals surface area contributed by atoms with Crippen LogP contribution in [0.15, 0.2) is 11.4 Å².